The van der Waals surface area contributed by atoms with Crippen LogP contribution in [0.1, 0.15) is 12.6 Å². The van der Waals surface area contributed by atoms with Gasteiger partial charge in [0.1, 0.15) is 11.6 Å². The Labute approximate surface area is 135 Å². The highest BCUT2D eigenvalue weighted by Crippen LogP contribution is 2.29. The van der Waals surface area contributed by atoms with Gasteiger partial charge in [-0.1, -0.05) is 0 Å². The third-order valence-corrected chi connectivity index (χ3v) is 4.13. The monoisotopic (exact) mass is 316 g/mol. The second-order valence-corrected chi connectivity index (χ2v) is 5.80. The molecule has 0 amide bonds. The maximum absolute atomic E-state index is 13.0. The number of aryl methyl sites for hydroxylation is 1. The number of ether oxygens (including phenoxy) is 1. The number of piperazine rings is 1. The third-order valence-electron chi connectivity index (χ3n) is 4.13. The number of rotatable bonds is 3. The molecule has 1 atom stereocenters. The Morgan fingerprint density at radius 2 is 2.04 bits per heavy atom. The van der Waals surface area contributed by atoms with Crippen LogP contribution in [0.2, 0.25) is 0 Å². The van der Waals surface area contributed by atoms with Crippen molar-refractivity contribution in [1.29, 1.82) is 0 Å². The largest absolute Gasteiger partial charge is 0.493 e. The van der Waals surface area contributed by atoms with Gasteiger partial charge >= 0.3 is 0 Å². The molecule has 0 saturated carbocycles. The van der Waals surface area contributed by atoms with Crippen molar-refractivity contribution in [3.05, 3.63) is 42.0 Å². The van der Waals surface area contributed by atoms with Gasteiger partial charge < -0.3 is 14.5 Å². The van der Waals surface area contributed by atoms with Crippen LogP contribution in [0.4, 0.5) is 16.0 Å². The average molecular weight is 316 g/mol. The molecule has 5 nitrogen and oxygen atoms in total. The van der Waals surface area contributed by atoms with Crippen molar-refractivity contribution in [2.75, 3.05) is 36.5 Å². The molecular weight excluding hydrogens is 295 g/mol. The lowest BCUT2D eigenvalue weighted by Gasteiger charge is -2.41. The predicted octanol–water partition coefficient (Wildman–Crippen LogP) is 2.65. The molecule has 6 heteroatoms. The standard InChI is InChI=1S/C17H21FN4O/c1-12-4-6-15(23-3)17(20-12)21-8-9-22(13(2)11-21)16-7-5-14(18)10-19-16/h4-7,10,13H,8-9,11H2,1-3H3. The first-order chi connectivity index (χ1) is 11.1. The molecule has 1 fully saturated rings. The molecule has 1 aliphatic heterocycles. The number of halogens is 1. The molecule has 0 N–H and O–H groups in total. The van der Waals surface area contributed by atoms with E-state index in [1.807, 2.05) is 19.1 Å². The summed E-state index contributed by atoms with van der Waals surface area (Å²) in [6.45, 7) is 6.55. The minimum atomic E-state index is -0.311. The van der Waals surface area contributed by atoms with Gasteiger partial charge in [0, 0.05) is 31.4 Å². The van der Waals surface area contributed by atoms with Gasteiger partial charge in [0.15, 0.2) is 11.6 Å². The Bertz CT molecular complexity index is 677. The SMILES string of the molecule is COc1ccc(C)nc1N1CCN(c2ccc(F)cn2)C(C)C1. The zero-order valence-corrected chi connectivity index (χ0v) is 13.7. The maximum atomic E-state index is 13.0. The first kappa shape index (κ1) is 15.5. The topological polar surface area (TPSA) is 41.5 Å². The van der Waals surface area contributed by atoms with Crippen LogP contribution >= 0.6 is 0 Å². The van der Waals surface area contributed by atoms with Crippen LogP contribution in [-0.4, -0.2) is 42.8 Å². The Morgan fingerprint density at radius 3 is 2.70 bits per heavy atom. The summed E-state index contributed by atoms with van der Waals surface area (Å²) in [6.07, 6.45) is 1.26. The zero-order valence-electron chi connectivity index (χ0n) is 13.7. The first-order valence-corrected chi connectivity index (χ1v) is 7.73. The first-order valence-electron chi connectivity index (χ1n) is 7.73. The molecule has 0 radical (unpaired) electrons. The van der Waals surface area contributed by atoms with Gasteiger partial charge in [-0.05, 0) is 38.1 Å². The van der Waals surface area contributed by atoms with E-state index >= 15 is 0 Å². The summed E-state index contributed by atoms with van der Waals surface area (Å²) in [5.41, 5.74) is 0.969. The Hall–Kier alpha value is -2.37. The van der Waals surface area contributed by atoms with Crippen LogP contribution in [0.15, 0.2) is 30.5 Å². The average Bonchev–Trinajstić information content (AvgIpc) is 2.56. The van der Waals surface area contributed by atoms with Crippen LogP contribution in [0, 0.1) is 12.7 Å². The highest BCUT2D eigenvalue weighted by atomic mass is 19.1. The molecule has 0 spiro atoms. The second-order valence-electron chi connectivity index (χ2n) is 5.80. The summed E-state index contributed by atoms with van der Waals surface area (Å²) in [6, 6.07) is 7.33. The van der Waals surface area contributed by atoms with Gasteiger partial charge in [-0.2, -0.15) is 0 Å². The number of aromatic nitrogens is 2. The molecular formula is C17H21FN4O. The second kappa shape index (κ2) is 6.40. The fraction of sp³-hybridized carbons (Fsp3) is 0.412. The van der Waals surface area contributed by atoms with Gasteiger partial charge in [0.2, 0.25) is 0 Å². The van der Waals surface area contributed by atoms with E-state index in [9.17, 15) is 4.39 Å². The zero-order chi connectivity index (χ0) is 16.4. The van der Waals surface area contributed by atoms with Crippen molar-refractivity contribution in [2.24, 2.45) is 0 Å². The molecule has 3 rings (SSSR count). The lowest BCUT2D eigenvalue weighted by atomic mass is 10.1. The number of hydrogen-bond acceptors (Lipinski definition) is 5. The van der Waals surface area contributed by atoms with Gasteiger partial charge in [0.05, 0.1) is 13.3 Å². The Kier molecular flexibility index (Phi) is 4.32. The number of hydrogen-bond donors (Lipinski definition) is 0. The van der Waals surface area contributed by atoms with E-state index in [2.05, 4.69) is 26.7 Å². The quantitative estimate of drug-likeness (QED) is 0.871. The van der Waals surface area contributed by atoms with Crippen LogP contribution in [0.25, 0.3) is 0 Å². The van der Waals surface area contributed by atoms with Crippen LogP contribution in [0.3, 0.4) is 0 Å². The molecule has 1 unspecified atom stereocenters. The molecule has 0 aliphatic carbocycles. The van der Waals surface area contributed by atoms with Gasteiger partial charge in [-0.25, -0.2) is 14.4 Å². The molecule has 0 bridgehead atoms. The van der Waals surface area contributed by atoms with Crippen LogP contribution in [0.5, 0.6) is 5.75 Å². The summed E-state index contributed by atoms with van der Waals surface area (Å²) in [5.74, 6) is 2.17. The van der Waals surface area contributed by atoms with E-state index in [0.29, 0.717) is 0 Å². The van der Waals surface area contributed by atoms with E-state index in [1.54, 1.807) is 13.2 Å². The summed E-state index contributed by atoms with van der Waals surface area (Å²) in [4.78, 5) is 13.2. The van der Waals surface area contributed by atoms with Crippen molar-refractivity contribution in [1.82, 2.24) is 9.97 Å². The molecule has 2 aromatic rings. The van der Waals surface area contributed by atoms with Crippen LogP contribution < -0.4 is 14.5 Å². The molecule has 1 aliphatic rings. The van der Waals surface area contributed by atoms with Gasteiger partial charge in [-0.15, -0.1) is 0 Å². The van der Waals surface area contributed by atoms with E-state index in [1.165, 1.54) is 12.3 Å². The van der Waals surface area contributed by atoms with E-state index in [0.717, 1.165) is 42.7 Å². The van der Waals surface area contributed by atoms with Gasteiger partial charge in [0.25, 0.3) is 0 Å². The molecule has 122 valence electrons. The number of methoxy groups -OCH3 is 1. The van der Waals surface area contributed by atoms with Crippen molar-refractivity contribution < 1.29 is 9.13 Å². The Morgan fingerprint density at radius 1 is 1.22 bits per heavy atom. The summed E-state index contributed by atoms with van der Waals surface area (Å²) >= 11 is 0. The Balaban J connectivity index is 1.78. The van der Waals surface area contributed by atoms with Crippen molar-refractivity contribution >= 4 is 11.6 Å². The molecule has 2 aromatic heterocycles. The smallest absolute Gasteiger partial charge is 0.171 e. The van der Waals surface area contributed by atoms with E-state index in [4.69, 9.17) is 4.74 Å². The molecule has 3 heterocycles. The number of nitrogens with zero attached hydrogens (tertiary/aromatic N) is 4. The molecule has 1 saturated heterocycles. The van der Waals surface area contributed by atoms with Crippen LogP contribution in [-0.2, 0) is 0 Å². The third kappa shape index (κ3) is 3.21. The normalized spacial score (nSPS) is 18.2. The number of anilines is 2. The predicted molar refractivity (Wildman–Crippen MR) is 88.7 cm³/mol. The van der Waals surface area contributed by atoms with E-state index < -0.39 is 0 Å². The minimum absolute atomic E-state index is 0.244. The maximum Gasteiger partial charge on any atom is 0.171 e. The number of pyridine rings is 2. The lowest BCUT2D eigenvalue weighted by molar-refractivity contribution is 0.409. The van der Waals surface area contributed by atoms with E-state index in [-0.39, 0.29) is 11.9 Å². The highest BCUT2D eigenvalue weighted by molar-refractivity contribution is 5.55. The summed E-state index contributed by atoms with van der Waals surface area (Å²) < 4.78 is 18.5. The molecule has 0 aromatic carbocycles. The van der Waals surface area contributed by atoms with Crippen molar-refractivity contribution in [2.45, 2.75) is 19.9 Å². The fourth-order valence-electron chi connectivity index (χ4n) is 2.94. The lowest BCUT2D eigenvalue weighted by Crippen LogP contribution is -2.52. The highest BCUT2D eigenvalue weighted by Gasteiger charge is 2.27. The van der Waals surface area contributed by atoms with Gasteiger partial charge in [-0.3, -0.25) is 0 Å². The van der Waals surface area contributed by atoms with Crippen molar-refractivity contribution in [3.63, 3.8) is 0 Å². The summed E-state index contributed by atoms with van der Waals surface area (Å²) in [5, 5.41) is 0. The molecule has 23 heavy (non-hydrogen) atoms. The fourth-order valence-corrected chi connectivity index (χ4v) is 2.94. The summed E-state index contributed by atoms with van der Waals surface area (Å²) in [7, 11) is 1.66. The van der Waals surface area contributed by atoms with Crippen molar-refractivity contribution in [3.8, 4) is 5.75 Å². The minimum Gasteiger partial charge on any atom is -0.493 e.